The molecule has 2 heterocycles. The minimum atomic E-state index is 0.340. The van der Waals surface area contributed by atoms with Gasteiger partial charge in [-0.1, -0.05) is 90.5 Å². The molecule has 0 spiro atoms. The zero-order valence-electron chi connectivity index (χ0n) is 18.0. The molecule has 158 valence electrons. The molecule has 3 aromatic carbocycles. The van der Waals surface area contributed by atoms with Gasteiger partial charge in [-0.2, -0.15) is 5.26 Å². The Morgan fingerprint density at radius 3 is 2.00 bits per heavy atom. The van der Waals surface area contributed by atoms with Gasteiger partial charge in [0, 0.05) is 16.7 Å². The van der Waals surface area contributed by atoms with Gasteiger partial charge in [0.2, 0.25) is 5.88 Å². The summed E-state index contributed by atoms with van der Waals surface area (Å²) in [6.07, 6.45) is 0. The molecule has 5 heteroatoms. The van der Waals surface area contributed by atoms with E-state index < -0.39 is 0 Å². The Bertz CT molecular complexity index is 1420. The van der Waals surface area contributed by atoms with Gasteiger partial charge in [-0.25, -0.2) is 0 Å². The lowest BCUT2D eigenvalue weighted by Crippen LogP contribution is -1.97. The van der Waals surface area contributed by atoms with Gasteiger partial charge >= 0.3 is 0 Å². The van der Waals surface area contributed by atoms with Gasteiger partial charge < -0.3 is 9.73 Å². The van der Waals surface area contributed by atoms with Gasteiger partial charge in [0.05, 0.1) is 5.69 Å². The van der Waals surface area contributed by atoms with Crippen LogP contribution >= 0.6 is 0 Å². The summed E-state index contributed by atoms with van der Waals surface area (Å²) < 4.78 is 6.21. The third-order valence-corrected chi connectivity index (χ3v) is 5.37. The number of rotatable bonds is 5. The molecule has 0 aliphatic heterocycles. The highest BCUT2D eigenvalue weighted by atomic mass is 16.4. The van der Waals surface area contributed by atoms with E-state index in [-0.39, 0.29) is 0 Å². The molecule has 0 radical (unpaired) electrons. The number of aromatic nitrogens is 2. The fourth-order valence-electron chi connectivity index (χ4n) is 3.69. The van der Waals surface area contributed by atoms with Crippen LogP contribution in [0, 0.1) is 18.3 Å². The maximum Gasteiger partial charge on any atom is 0.217 e. The average molecular weight is 428 g/mol. The first kappa shape index (κ1) is 20.2. The minimum Gasteiger partial charge on any atom is -0.438 e. The van der Waals surface area contributed by atoms with Gasteiger partial charge in [-0.3, -0.25) is 0 Å². The average Bonchev–Trinajstić information content (AvgIpc) is 3.24. The third kappa shape index (κ3) is 4.10. The zero-order chi connectivity index (χ0) is 22.6. The Morgan fingerprint density at radius 1 is 0.727 bits per heavy atom. The summed E-state index contributed by atoms with van der Waals surface area (Å²) in [5.41, 5.74) is 5.92. The molecule has 0 saturated carbocycles. The summed E-state index contributed by atoms with van der Waals surface area (Å²) in [7, 11) is 0. The van der Waals surface area contributed by atoms with Crippen molar-refractivity contribution in [2.24, 2.45) is 0 Å². The Morgan fingerprint density at radius 2 is 1.39 bits per heavy atom. The van der Waals surface area contributed by atoms with Crippen molar-refractivity contribution in [3.63, 3.8) is 0 Å². The number of nitriles is 1. The molecule has 0 unspecified atom stereocenters. The first-order chi connectivity index (χ1) is 16.2. The smallest absolute Gasteiger partial charge is 0.217 e. The minimum absolute atomic E-state index is 0.340. The molecule has 0 bridgehead atoms. The van der Waals surface area contributed by atoms with E-state index in [1.54, 1.807) is 0 Å². The molecule has 2 aromatic heterocycles. The molecule has 0 aliphatic carbocycles. The standard InChI is InChI=1S/C28H20N4O/c1-19-12-14-20(15-13-19)24-16-17-25(32-31-24)30-28-23(18-29)26(21-8-4-2-5-9-21)27(33-28)22-10-6-3-7-11-22/h2-17H,1H3,(H,30,32). The summed E-state index contributed by atoms with van der Waals surface area (Å²) in [5.74, 6) is 1.47. The van der Waals surface area contributed by atoms with Crippen LogP contribution < -0.4 is 5.32 Å². The number of furan rings is 1. The summed E-state index contributed by atoms with van der Waals surface area (Å²) in [6, 6.07) is 33.7. The molecule has 0 amide bonds. The Balaban J connectivity index is 1.54. The molecule has 33 heavy (non-hydrogen) atoms. The molecule has 1 N–H and O–H groups in total. The summed E-state index contributed by atoms with van der Waals surface area (Å²) in [5, 5.41) is 21.8. The molecule has 0 atom stereocenters. The van der Waals surface area contributed by atoms with Crippen LogP contribution in [0.4, 0.5) is 11.7 Å². The van der Waals surface area contributed by atoms with Crippen LogP contribution in [0.15, 0.2) is 101 Å². The van der Waals surface area contributed by atoms with Gasteiger partial charge in [0.1, 0.15) is 17.4 Å². The largest absolute Gasteiger partial charge is 0.438 e. The van der Waals surface area contributed by atoms with Gasteiger partial charge in [-0.05, 0) is 24.6 Å². The lowest BCUT2D eigenvalue weighted by atomic mass is 9.98. The van der Waals surface area contributed by atoms with Crippen LogP contribution in [-0.2, 0) is 0 Å². The summed E-state index contributed by atoms with van der Waals surface area (Å²) in [6.45, 7) is 2.05. The molecule has 5 aromatic rings. The van der Waals surface area contributed by atoms with Crippen molar-refractivity contribution in [3.8, 4) is 39.8 Å². The Hall–Kier alpha value is -4.69. The van der Waals surface area contributed by atoms with Crippen LogP contribution in [0.3, 0.4) is 0 Å². The van der Waals surface area contributed by atoms with E-state index in [1.807, 2.05) is 104 Å². The van der Waals surface area contributed by atoms with Crippen LogP contribution in [0.25, 0.3) is 33.7 Å². The van der Waals surface area contributed by atoms with Gasteiger partial charge in [0.15, 0.2) is 5.82 Å². The van der Waals surface area contributed by atoms with Crippen molar-refractivity contribution in [2.75, 3.05) is 5.32 Å². The van der Waals surface area contributed by atoms with Crippen molar-refractivity contribution in [1.29, 1.82) is 5.26 Å². The van der Waals surface area contributed by atoms with Crippen molar-refractivity contribution in [3.05, 3.63) is 108 Å². The lowest BCUT2D eigenvalue weighted by Gasteiger charge is -2.04. The lowest BCUT2D eigenvalue weighted by molar-refractivity contribution is 0.599. The predicted octanol–water partition coefficient (Wildman–Crippen LogP) is 6.99. The number of nitrogens with zero attached hydrogens (tertiary/aromatic N) is 3. The number of benzene rings is 3. The van der Waals surface area contributed by atoms with E-state index in [4.69, 9.17) is 4.42 Å². The highest BCUT2D eigenvalue weighted by Gasteiger charge is 2.23. The maximum atomic E-state index is 10.0. The predicted molar refractivity (Wildman–Crippen MR) is 130 cm³/mol. The van der Waals surface area contributed by atoms with Gasteiger partial charge in [0.25, 0.3) is 0 Å². The van der Waals surface area contributed by atoms with Crippen LogP contribution in [0.5, 0.6) is 0 Å². The van der Waals surface area contributed by atoms with E-state index in [2.05, 4.69) is 21.6 Å². The molecule has 5 rings (SSSR count). The van der Waals surface area contributed by atoms with E-state index in [9.17, 15) is 5.26 Å². The molecule has 5 nitrogen and oxygen atoms in total. The molecule has 0 saturated heterocycles. The molecule has 0 aliphatic rings. The van der Waals surface area contributed by atoms with Crippen molar-refractivity contribution in [2.45, 2.75) is 6.92 Å². The summed E-state index contributed by atoms with van der Waals surface area (Å²) in [4.78, 5) is 0. The van der Waals surface area contributed by atoms with Crippen molar-refractivity contribution >= 4 is 11.7 Å². The number of anilines is 2. The highest BCUT2D eigenvalue weighted by Crippen LogP contribution is 2.42. The number of hydrogen-bond donors (Lipinski definition) is 1. The number of aryl methyl sites for hydroxylation is 1. The van der Waals surface area contributed by atoms with Crippen LogP contribution in [0.1, 0.15) is 11.1 Å². The number of hydrogen-bond acceptors (Lipinski definition) is 5. The second-order valence-electron chi connectivity index (χ2n) is 7.65. The Labute approximate surface area is 192 Å². The third-order valence-electron chi connectivity index (χ3n) is 5.37. The first-order valence-electron chi connectivity index (χ1n) is 10.6. The van der Waals surface area contributed by atoms with Crippen molar-refractivity contribution < 1.29 is 4.42 Å². The molecular formula is C28H20N4O. The maximum absolute atomic E-state index is 10.0. The Kier molecular flexibility index (Phi) is 5.40. The van der Waals surface area contributed by atoms with E-state index in [0.29, 0.717) is 23.0 Å². The monoisotopic (exact) mass is 428 g/mol. The second kappa shape index (κ2) is 8.81. The quantitative estimate of drug-likeness (QED) is 0.326. The first-order valence-corrected chi connectivity index (χ1v) is 10.6. The molecule has 0 fully saturated rings. The van der Waals surface area contributed by atoms with E-state index in [1.165, 1.54) is 5.56 Å². The van der Waals surface area contributed by atoms with E-state index >= 15 is 0 Å². The topological polar surface area (TPSA) is 74.7 Å². The van der Waals surface area contributed by atoms with E-state index in [0.717, 1.165) is 27.9 Å². The molecular weight excluding hydrogens is 408 g/mol. The SMILES string of the molecule is Cc1ccc(-c2ccc(Nc3oc(-c4ccccc4)c(-c4ccccc4)c3C#N)nn2)cc1. The highest BCUT2D eigenvalue weighted by molar-refractivity contribution is 5.89. The number of nitrogens with one attached hydrogen (secondary N) is 1. The fourth-order valence-corrected chi connectivity index (χ4v) is 3.69. The van der Waals surface area contributed by atoms with Crippen LogP contribution in [0.2, 0.25) is 0 Å². The normalized spacial score (nSPS) is 10.5. The van der Waals surface area contributed by atoms with Crippen molar-refractivity contribution in [1.82, 2.24) is 10.2 Å². The zero-order valence-corrected chi connectivity index (χ0v) is 18.0. The fraction of sp³-hybridized carbons (Fsp3) is 0.0357. The second-order valence-corrected chi connectivity index (χ2v) is 7.65. The summed E-state index contributed by atoms with van der Waals surface area (Å²) >= 11 is 0. The van der Waals surface area contributed by atoms with Gasteiger partial charge in [-0.15, -0.1) is 10.2 Å². The van der Waals surface area contributed by atoms with Crippen LogP contribution in [-0.4, -0.2) is 10.2 Å².